The third-order valence-corrected chi connectivity index (χ3v) is 3.19. The highest BCUT2D eigenvalue weighted by molar-refractivity contribution is 9.25. The fourth-order valence-corrected chi connectivity index (χ4v) is 0. The molecule has 0 aliphatic rings. The number of ketones is 2. The summed E-state index contributed by atoms with van der Waals surface area (Å²) in [6, 6.07) is 0. The van der Waals surface area contributed by atoms with Crippen LogP contribution in [-0.4, -0.2) is 19.0 Å². The van der Waals surface area contributed by atoms with Crippen LogP contribution >= 0.6 is 63.7 Å². The summed E-state index contributed by atoms with van der Waals surface area (Å²) in [6.07, 6.45) is 0. The van der Waals surface area contributed by atoms with E-state index in [1.165, 1.54) is 13.8 Å². The Hall–Kier alpha value is 1.26. The van der Waals surface area contributed by atoms with E-state index in [2.05, 4.69) is 63.7 Å². The highest BCUT2D eigenvalue weighted by Gasteiger charge is 2.00. The second-order valence-corrected chi connectivity index (χ2v) is 7.94. The van der Waals surface area contributed by atoms with Crippen molar-refractivity contribution in [1.29, 1.82) is 0 Å². The minimum Gasteiger partial charge on any atom is -0.298 e. The first-order chi connectivity index (χ1) is 5.29. The lowest BCUT2D eigenvalue weighted by Crippen LogP contribution is -1.97. The van der Waals surface area contributed by atoms with Gasteiger partial charge in [0.1, 0.15) is 7.47 Å². The van der Waals surface area contributed by atoms with Crippen molar-refractivity contribution in [2.75, 3.05) is 0 Å². The van der Waals surface area contributed by atoms with E-state index in [0.29, 0.717) is 0 Å². The van der Waals surface area contributed by atoms with Gasteiger partial charge in [-0.05, 0) is 13.8 Å². The van der Waals surface area contributed by atoms with Gasteiger partial charge in [0.25, 0.3) is 0 Å². The molecule has 0 rings (SSSR count). The third-order valence-electron chi connectivity index (χ3n) is 0.615. The largest absolute Gasteiger partial charge is 0.298 e. The number of carbonyl (C=O) groups excluding carboxylic acids is 2. The van der Waals surface area contributed by atoms with E-state index < -0.39 is 0 Å². The molecule has 0 aliphatic carbocycles. The summed E-state index contributed by atoms with van der Waals surface area (Å²) < 4.78 is -0.324. The van der Waals surface area contributed by atoms with Gasteiger partial charge < -0.3 is 0 Å². The number of Topliss-reactive ketones (excluding diaryl/α,β-unsaturated/α-hetero) is 2. The highest BCUT2D eigenvalue weighted by Crippen LogP contribution is 2.07. The van der Waals surface area contributed by atoms with Crippen molar-refractivity contribution in [3.63, 3.8) is 0 Å². The topological polar surface area (TPSA) is 34.1 Å². The summed E-state index contributed by atoms with van der Waals surface area (Å²) >= 11 is 12.0. The van der Waals surface area contributed by atoms with Gasteiger partial charge in [0.2, 0.25) is 0 Å². The molecule has 0 saturated heterocycles. The summed E-state index contributed by atoms with van der Waals surface area (Å²) in [7, 11) is 0. The quantitative estimate of drug-likeness (QED) is 0.628. The van der Waals surface area contributed by atoms with E-state index in [-0.39, 0.29) is 19.0 Å². The Kier molecular flexibility index (Phi) is 11.6. The Morgan fingerprint density at radius 1 is 0.833 bits per heavy atom. The van der Waals surface area contributed by atoms with Crippen LogP contribution < -0.4 is 0 Å². The lowest BCUT2D eigenvalue weighted by Gasteiger charge is -1.86. The van der Waals surface area contributed by atoms with Crippen molar-refractivity contribution < 1.29 is 9.59 Å². The Labute approximate surface area is 105 Å². The number of alkyl halides is 4. The summed E-state index contributed by atoms with van der Waals surface area (Å²) in [5.74, 6) is 0.185. The summed E-state index contributed by atoms with van der Waals surface area (Å²) in [6.45, 7) is 3.02. The molecule has 0 bridgehead atoms. The first-order valence-electron chi connectivity index (χ1n) is 2.86. The van der Waals surface area contributed by atoms with Crippen LogP contribution in [0.5, 0.6) is 0 Å². The van der Waals surface area contributed by atoms with Crippen molar-refractivity contribution in [2.45, 2.75) is 21.3 Å². The summed E-state index contributed by atoms with van der Waals surface area (Å²) in [5, 5.41) is 0. The molecule has 0 fully saturated rings. The van der Waals surface area contributed by atoms with Crippen LogP contribution in [0.4, 0.5) is 0 Å². The molecule has 6 heteroatoms. The number of hydrogen-bond acceptors (Lipinski definition) is 2. The molecule has 0 aromatic rings. The van der Waals surface area contributed by atoms with Crippen LogP contribution in [0.2, 0.25) is 0 Å². The first-order valence-corrected chi connectivity index (χ1v) is 6.52. The second-order valence-electron chi connectivity index (χ2n) is 1.82. The van der Waals surface area contributed by atoms with Gasteiger partial charge in [0.15, 0.2) is 11.6 Å². The predicted octanol–water partition coefficient (Wildman–Crippen LogP) is 3.38. The van der Waals surface area contributed by atoms with E-state index in [0.717, 1.165) is 0 Å². The normalized spacial score (nSPS) is 9.33. The zero-order valence-corrected chi connectivity index (χ0v) is 12.8. The highest BCUT2D eigenvalue weighted by atomic mass is 79.9. The molecule has 2 nitrogen and oxygen atoms in total. The van der Waals surface area contributed by atoms with E-state index in [1.807, 2.05) is 0 Å². The molecule has 0 aliphatic heterocycles. The molecule has 0 radical (unpaired) electrons. The monoisotopic (exact) mass is 428 g/mol. The van der Waals surface area contributed by atoms with E-state index >= 15 is 0 Å². The molecule has 0 heterocycles. The molecule has 0 aromatic carbocycles. The third kappa shape index (κ3) is 13.8. The number of rotatable bonds is 2. The Balaban J connectivity index is 0. The average Bonchev–Trinajstić information content (AvgIpc) is 1.88. The van der Waals surface area contributed by atoms with Gasteiger partial charge in [-0.3, -0.25) is 9.59 Å². The number of hydrogen-bond donors (Lipinski definition) is 0. The Morgan fingerprint density at radius 2 is 0.917 bits per heavy atom. The van der Waals surface area contributed by atoms with Gasteiger partial charge in [-0.1, -0.05) is 63.7 Å². The van der Waals surface area contributed by atoms with Crippen LogP contribution in [0.1, 0.15) is 13.8 Å². The molecular weight excluding hydrogens is 424 g/mol. The van der Waals surface area contributed by atoms with Gasteiger partial charge in [0.05, 0.1) is 0 Å². The maximum absolute atomic E-state index is 10.0. The maximum atomic E-state index is 10.0. The minimum absolute atomic E-state index is 0.0926. The molecule has 0 unspecified atom stereocenters. The van der Waals surface area contributed by atoms with Gasteiger partial charge >= 0.3 is 0 Å². The van der Waals surface area contributed by atoms with E-state index in [1.54, 1.807) is 0 Å². The molecule has 72 valence electrons. The van der Waals surface area contributed by atoms with Crippen LogP contribution in [0.15, 0.2) is 0 Å². The van der Waals surface area contributed by atoms with Gasteiger partial charge in [-0.2, -0.15) is 0 Å². The number of halogens is 4. The Bertz CT molecular complexity index is 138. The summed E-state index contributed by atoms with van der Waals surface area (Å²) in [4.78, 5) is 20.1. The first kappa shape index (κ1) is 15.7. The molecule has 0 aromatic heterocycles. The molecule has 0 atom stereocenters. The average molecular weight is 432 g/mol. The fourth-order valence-electron chi connectivity index (χ4n) is 0. The van der Waals surface area contributed by atoms with E-state index in [9.17, 15) is 9.59 Å². The van der Waals surface area contributed by atoms with Crippen molar-refractivity contribution in [3.05, 3.63) is 0 Å². The second kappa shape index (κ2) is 8.84. The molecule has 0 saturated carbocycles. The predicted molar refractivity (Wildman–Crippen MR) is 64.6 cm³/mol. The summed E-state index contributed by atoms with van der Waals surface area (Å²) in [5.41, 5.74) is 0. The van der Waals surface area contributed by atoms with Crippen LogP contribution in [0.3, 0.4) is 0 Å². The smallest absolute Gasteiger partial charge is 0.154 e. The van der Waals surface area contributed by atoms with Crippen molar-refractivity contribution in [1.82, 2.24) is 0 Å². The minimum atomic E-state index is -0.162. The van der Waals surface area contributed by atoms with Crippen molar-refractivity contribution in [2.24, 2.45) is 0 Å². The van der Waals surface area contributed by atoms with Gasteiger partial charge in [-0.15, -0.1) is 0 Å². The lowest BCUT2D eigenvalue weighted by atomic mass is 10.5. The van der Waals surface area contributed by atoms with Crippen LogP contribution in [0, 0.1) is 0 Å². The SMILES string of the molecule is CC(=O)C(Br)Br.CC(=O)C(Br)Br. The van der Waals surface area contributed by atoms with Crippen LogP contribution in [0.25, 0.3) is 0 Å². The zero-order chi connectivity index (χ0) is 10.3. The van der Waals surface area contributed by atoms with E-state index in [4.69, 9.17) is 0 Å². The standard InChI is InChI=1S/2C3H4Br2O/c2*1-2(6)3(4)5/h2*3H,1H3. The molecule has 0 spiro atoms. The number of carbonyl (C=O) groups is 2. The van der Waals surface area contributed by atoms with Gasteiger partial charge in [-0.25, -0.2) is 0 Å². The van der Waals surface area contributed by atoms with Crippen LogP contribution in [-0.2, 0) is 9.59 Å². The Morgan fingerprint density at radius 3 is 0.917 bits per heavy atom. The molecular formula is C6H8Br4O2. The lowest BCUT2D eigenvalue weighted by molar-refractivity contribution is -0.115. The molecule has 12 heavy (non-hydrogen) atoms. The van der Waals surface area contributed by atoms with Gasteiger partial charge in [0, 0.05) is 0 Å². The van der Waals surface area contributed by atoms with Crippen molar-refractivity contribution in [3.8, 4) is 0 Å². The molecule has 0 N–H and O–H groups in total. The maximum Gasteiger partial charge on any atom is 0.154 e. The fraction of sp³-hybridized carbons (Fsp3) is 0.667. The zero-order valence-electron chi connectivity index (χ0n) is 6.48. The molecule has 0 amide bonds. The van der Waals surface area contributed by atoms with Crippen molar-refractivity contribution >= 4 is 75.3 Å².